The van der Waals surface area contributed by atoms with Crippen molar-refractivity contribution in [3.8, 4) is 11.3 Å². The number of aromatic amines is 1. The van der Waals surface area contributed by atoms with Gasteiger partial charge >= 0.3 is 0 Å². The number of hydrogen-bond donors (Lipinski definition) is 2. The molecular weight excluding hydrogens is 302 g/mol. The molecular formula is C19H21N3O2. The van der Waals surface area contributed by atoms with Crippen LogP contribution in [0.3, 0.4) is 0 Å². The van der Waals surface area contributed by atoms with E-state index in [0.29, 0.717) is 5.76 Å². The SMILES string of the molecule is CCc1ccc(C(=O)NC(CC)c2ncc(-c3ccccc3)[nH]2)o1. The highest BCUT2D eigenvalue weighted by Crippen LogP contribution is 2.21. The Hall–Kier alpha value is -2.82. The van der Waals surface area contributed by atoms with Gasteiger partial charge in [-0.15, -0.1) is 0 Å². The molecule has 1 aromatic carbocycles. The third-order valence-electron chi connectivity index (χ3n) is 3.96. The molecule has 5 nitrogen and oxygen atoms in total. The van der Waals surface area contributed by atoms with Crippen molar-refractivity contribution in [3.05, 3.63) is 66.0 Å². The summed E-state index contributed by atoms with van der Waals surface area (Å²) in [6.45, 7) is 4.00. The molecule has 3 aromatic rings. The number of carbonyl (C=O) groups is 1. The minimum atomic E-state index is -0.223. The van der Waals surface area contributed by atoms with Gasteiger partial charge in [-0.05, 0) is 24.1 Å². The molecule has 1 amide bonds. The number of nitrogens with one attached hydrogen (secondary N) is 2. The number of carbonyl (C=O) groups excluding carboxylic acids is 1. The lowest BCUT2D eigenvalue weighted by Crippen LogP contribution is -2.28. The van der Waals surface area contributed by atoms with Crippen LogP contribution >= 0.6 is 0 Å². The van der Waals surface area contributed by atoms with E-state index in [1.54, 1.807) is 12.3 Å². The number of amides is 1. The Labute approximate surface area is 141 Å². The van der Waals surface area contributed by atoms with Crippen molar-refractivity contribution in [1.29, 1.82) is 0 Å². The van der Waals surface area contributed by atoms with Crippen molar-refractivity contribution in [3.63, 3.8) is 0 Å². The summed E-state index contributed by atoms with van der Waals surface area (Å²) in [6, 6.07) is 13.3. The first kappa shape index (κ1) is 16.1. The number of aryl methyl sites for hydroxylation is 1. The highest BCUT2D eigenvalue weighted by molar-refractivity contribution is 5.91. The van der Waals surface area contributed by atoms with Gasteiger partial charge in [0.15, 0.2) is 5.76 Å². The van der Waals surface area contributed by atoms with Crippen molar-refractivity contribution < 1.29 is 9.21 Å². The Kier molecular flexibility index (Phi) is 4.79. The second-order valence-corrected chi connectivity index (χ2v) is 5.60. The molecule has 1 atom stereocenters. The van der Waals surface area contributed by atoms with Crippen LogP contribution in [0.5, 0.6) is 0 Å². The summed E-state index contributed by atoms with van der Waals surface area (Å²) in [5.74, 6) is 1.66. The summed E-state index contributed by atoms with van der Waals surface area (Å²) in [7, 11) is 0. The van der Waals surface area contributed by atoms with Crippen LogP contribution < -0.4 is 5.32 Å². The zero-order valence-electron chi connectivity index (χ0n) is 13.9. The number of nitrogens with zero attached hydrogens (tertiary/aromatic N) is 1. The number of rotatable bonds is 6. The van der Waals surface area contributed by atoms with Crippen LogP contribution in [0.1, 0.15) is 48.4 Å². The van der Waals surface area contributed by atoms with E-state index in [1.165, 1.54) is 0 Å². The van der Waals surface area contributed by atoms with Crippen molar-refractivity contribution in [2.24, 2.45) is 0 Å². The maximum absolute atomic E-state index is 12.3. The highest BCUT2D eigenvalue weighted by atomic mass is 16.3. The monoisotopic (exact) mass is 323 g/mol. The molecule has 0 aliphatic carbocycles. The van der Waals surface area contributed by atoms with Crippen LogP contribution in [0.2, 0.25) is 0 Å². The molecule has 0 aliphatic heterocycles. The number of hydrogen-bond acceptors (Lipinski definition) is 3. The number of furan rings is 1. The van der Waals surface area contributed by atoms with Crippen molar-refractivity contribution >= 4 is 5.91 Å². The first-order valence-electron chi connectivity index (χ1n) is 8.21. The lowest BCUT2D eigenvalue weighted by atomic mass is 10.2. The molecule has 0 radical (unpaired) electrons. The summed E-state index contributed by atoms with van der Waals surface area (Å²) in [5.41, 5.74) is 2.00. The van der Waals surface area contributed by atoms with E-state index >= 15 is 0 Å². The Bertz CT molecular complexity index is 805. The normalized spacial score (nSPS) is 12.1. The van der Waals surface area contributed by atoms with Gasteiger partial charge in [-0.3, -0.25) is 4.79 Å². The Balaban J connectivity index is 1.74. The van der Waals surface area contributed by atoms with Gasteiger partial charge in [0.2, 0.25) is 0 Å². The summed E-state index contributed by atoms with van der Waals surface area (Å²) in [4.78, 5) is 20.1. The zero-order chi connectivity index (χ0) is 16.9. The van der Waals surface area contributed by atoms with Gasteiger partial charge in [0.05, 0.1) is 17.9 Å². The first-order chi connectivity index (χ1) is 11.7. The fourth-order valence-corrected chi connectivity index (χ4v) is 2.56. The fraction of sp³-hybridized carbons (Fsp3) is 0.263. The van der Waals surface area contributed by atoms with Gasteiger partial charge in [0.25, 0.3) is 5.91 Å². The molecule has 0 saturated carbocycles. The van der Waals surface area contributed by atoms with Gasteiger partial charge in [0.1, 0.15) is 11.6 Å². The van der Waals surface area contributed by atoms with E-state index in [-0.39, 0.29) is 11.9 Å². The molecule has 124 valence electrons. The lowest BCUT2D eigenvalue weighted by molar-refractivity contribution is 0.0904. The molecule has 0 aliphatic rings. The molecule has 2 heterocycles. The Morgan fingerprint density at radius 1 is 1.21 bits per heavy atom. The Morgan fingerprint density at radius 2 is 2.00 bits per heavy atom. The molecule has 24 heavy (non-hydrogen) atoms. The number of aromatic nitrogens is 2. The van der Waals surface area contributed by atoms with E-state index < -0.39 is 0 Å². The van der Waals surface area contributed by atoms with Crippen molar-refractivity contribution in [2.75, 3.05) is 0 Å². The molecule has 2 aromatic heterocycles. The quantitative estimate of drug-likeness (QED) is 0.717. The zero-order valence-corrected chi connectivity index (χ0v) is 13.9. The first-order valence-corrected chi connectivity index (χ1v) is 8.21. The van der Waals surface area contributed by atoms with Crippen LogP contribution in [0.4, 0.5) is 0 Å². The summed E-state index contributed by atoms with van der Waals surface area (Å²) in [5, 5.41) is 2.98. The van der Waals surface area contributed by atoms with Crippen LogP contribution in [0, 0.1) is 0 Å². The minimum absolute atomic E-state index is 0.190. The molecule has 5 heteroatoms. The van der Waals surface area contributed by atoms with Crippen LogP contribution in [-0.4, -0.2) is 15.9 Å². The predicted octanol–water partition coefficient (Wildman–Crippen LogP) is 4.11. The van der Waals surface area contributed by atoms with E-state index in [1.807, 2.05) is 50.2 Å². The van der Waals surface area contributed by atoms with Crippen LogP contribution in [-0.2, 0) is 6.42 Å². The second kappa shape index (κ2) is 7.17. The number of H-pyrrole nitrogens is 1. The molecule has 0 bridgehead atoms. The average molecular weight is 323 g/mol. The Morgan fingerprint density at radius 3 is 2.67 bits per heavy atom. The molecule has 2 N–H and O–H groups in total. The number of imidazole rings is 1. The topological polar surface area (TPSA) is 70.9 Å². The minimum Gasteiger partial charge on any atom is -0.456 e. The summed E-state index contributed by atoms with van der Waals surface area (Å²) < 4.78 is 5.51. The molecule has 3 rings (SSSR count). The molecule has 1 unspecified atom stereocenters. The van der Waals surface area contributed by atoms with E-state index in [0.717, 1.165) is 35.7 Å². The van der Waals surface area contributed by atoms with Gasteiger partial charge in [-0.2, -0.15) is 0 Å². The van der Waals surface area contributed by atoms with Crippen molar-refractivity contribution in [2.45, 2.75) is 32.7 Å². The highest BCUT2D eigenvalue weighted by Gasteiger charge is 2.19. The molecule has 0 fully saturated rings. The molecule has 0 saturated heterocycles. The lowest BCUT2D eigenvalue weighted by Gasteiger charge is -2.13. The van der Waals surface area contributed by atoms with Gasteiger partial charge < -0.3 is 14.7 Å². The van der Waals surface area contributed by atoms with Gasteiger partial charge in [-0.25, -0.2) is 4.98 Å². The third-order valence-corrected chi connectivity index (χ3v) is 3.96. The summed E-state index contributed by atoms with van der Waals surface area (Å²) >= 11 is 0. The van der Waals surface area contributed by atoms with E-state index in [9.17, 15) is 4.79 Å². The van der Waals surface area contributed by atoms with E-state index in [2.05, 4.69) is 15.3 Å². The molecule has 0 spiro atoms. The third kappa shape index (κ3) is 3.40. The van der Waals surface area contributed by atoms with Crippen molar-refractivity contribution in [1.82, 2.24) is 15.3 Å². The summed E-state index contributed by atoms with van der Waals surface area (Å²) in [6.07, 6.45) is 3.29. The van der Waals surface area contributed by atoms with Crippen LogP contribution in [0.25, 0.3) is 11.3 Å². The predicted molar refractivity (Wildman–Crippen MR) is 92.6 cm³/mol. The maximum atomic E-state index is 12.3. The largest absolute Gasteiger partial charge is 0.456 e. The van der Waals surface area contributed by atoms with Gasteiger partial charge in [0, 0.05) is 6.42 Å². The average Bonchev–Trinajstić information content (AvgIpc) is 3.29. The number of benzene rings is 1. The van der Waals surface area contributed by atoms with Crippen LogP contribution in [0.15, 0.2) is 53.1 Å². The van der Waals surface area contributed by atoms with Gasteiger partial charge in [-0.1, -0.05) is 44.2 Å². The maximum Gasteiger partial charge on any atom is 0.287 e. The fourth-order valence-electron chi connectivity index (χ4n) is 2.56. The second-order valence-electron chi connectivity index (χ2n) is 5.60. The van der Waals surface area contributed by atoms with E-state index in [4.69, 9.17) is 4.42 Å². The standard InChI is InChI=1S/C19H21N3O2/c1-3-14-10-11-17(24-14)19(23)22-15(4-2)18-20-12-16(21-18)13-8-6-5-7-9-13/h5-12,15H,3-4H2,1-2H3,(H,20,21)(H,22,23). The smallest absolute Gasteiger partial charge is 0.287 e.